The summed E-state index contributed by atoms with van der Waals surface area (Å²) in [4.78, 5) is 32.6. The molecule has 0 aliphatic carbocycles. The maximum Gasteiger partial charge on any atom is 0.412 e. The molecular weight excluding hydrogens is 437 g/mol. The van der Waals surface area contributed by atoms with Gasteiger partial charge in [-0.3, -0.25) is 14.7 Å². The number of alkyl halides is 3. The Morgan fingerprint density at radius 1 is 1.23 bits per heavy atom. The topological polar surface area (TPSA) is 95.4 Å². The quantitative estimate of drug-likeness (QED) is 0.715. The van der Waals surface area contributed by atoms with Gasteiger partial charge in [-0.15, -0.1) is 0 Å². The fraction of sp³-hybridized carbons (Fsp3) is 0.400. The highest BCUT2D eigenvalue weighted by Crippen LogP contribution is 2.45. The Labute approximate surface area is 181 Å². The maximum absolute atomic E-state index is 14.2. The molecule has 2 aromatic rings. The van der Waals surface area contributed by atoms with Crippen LogP contribution in [0.4, 0.5) is 18.0 Å². The van der Waals surface area contributed by atoms with E-state index >= 15 is 0 Å². The van der Waals surface area contributed by atoms with Crippen molar-refractivity contribution < 1.29 is 27.9 Å². The molecule has 11 heteroatoms. The summed E-state index contributed by atoms with van der Waals surface area (Å²) in [5.41, 5.74) is -1.94. The van der Waals surface area contributed by atoms with Gasteiger partial charge in [-0.25, -0.2) is 9.78 Å². The maximum atomic E-state index is 14.2. The van der Waals surface area contributed by atoms with Gasteiger partial charge in [0.1, 0.15) is 5.54 Å². The largest absolute Gasteiger partial charge is 0.465 e. The molecule has 1 aromatic carbocycles. The summed E-state index contributed by atoms with van der Waals surface area (Å²) in [7, 11) is 0. The summed E-state index contributed by atoms with van der Waals surface area (Å²) in [5, 5.41) is 12.3. The zero-order valence-electron chi connectivity index (χ0n) is 16.3. The zero-order valence-corrected chi connectivity index (χ0v) is 17.0. The zero-order chi connectivity index (χ0) is 22.6. The molecule has 1 aliphatic heterocycles. The Hall–Kier alpha value is -2.88. The van der Waals surface area contributed by atoms with Crippen LogP contribution in [0.3, 0.4) is 0 Å². The highest BCUT2D eigenvalue weighted by atomic mass is 35.5. The number of carboxylic acid groups (broad SMARTS) is 1. The van der Waals surface area contributed by atoms with Crippen LogP contribution < -0.4 is 5.32 Å². The molecule has 2 atom stereocenters. The van der Waals surface area contributed by atoms with E-state index in [1.165, 1.54) is 24.5 Å². The van der Waals surface area contributed by atoms with E-state index in [-0.39, 0.29) is 18.1 Å². The monoisotopic (exact) mass is 456 g/mol. The van der Waals surface area contributed by atoms with E-state index in [1.54, 1.807) is 18.2 Å². The lowest BCUT2D eigenvalue weighted by Gasteiger charge is -2.48. The van der Waals surface area contributed by atoms with Crippen LogP contribution in [0.15, 0.2) is 42.7 Å². The summed E-state index contributed by atoms with van der Waals surface area (Å²) in [6.45, 7) is -0.634. The van der Waals surface area contributed by atoms with Gasteiger partial charge in [-0.05, 0) is 18.4 Å². The molecule has 0 spiro atoms. The minimum Gasteiger partial charge on any atom is -0.465 e. The third-order valence-corrected chi connectivity index (χ3v) is 5.76. The van der Waals surface area contributed by atoms with Gasteiger partial charge < -0.3 is 10.4 Å². The van der Waals surface area contributed by atoms with E-state index in [0.29, 0.717) is 16.2 Å². The predicted molar refractivity (Wildman–Crippen MR) is 105 cm³/mol. The average Bonchev–Trinajstić information content (AvgIpc) is 2.73. The standard InChI is InChI=1S/C20H20ClF3N4O3/c21-16-15(25-8-9-26-16)11-27-17(29)14-6-7-19(20(22,23)24,28(12-14)18(30)31)10-13-4-2-1-3-5-13/h1-5,8-9,14H,6-7,10-12H2,(H,27,29)(H,30,31). The number of hydrogen-bond acceptors (Lipinski definition) is 4. The van der Waals surface area contributed by atoms with E-state index in [0.717, 1.165) is 0 Å². The number of amides is 2. The number of nitrogens with one attached hydrogen (secondary N) is 1. The van der Waals surface area contributed by atoms with Crippen LogP contribution >= 0.6 is 11.6 Å². The van der Waals surface area contributed by atoms with Gasteiger partial charge in [0.2, 0.25) is 5.91 Å². The number of aromatic nitrogens is 2. The molecule has 166 valence electrons. The van der Waals surface area contributed by atoms with Crippen molar-refractivity contribution in [3.63, 3.8) is 0 Å². The molecule has 2 amide bonds. The van der Waals surface area contributed by atoms with Crippen molar-refractivity contribution >= 4 is 23.6 Å². The van der Waals surface area contributed by atoms with Gasteiger partial charge in [0.15, 0.2) is 5.15 Å². The van der Waals surface area contributed by atoms with Crippen LogP contribution in [0.25, 0.3) is 0 Å². The molecule has 31 heavy (non-hydrogen) atoms. The van der Waals surface area contributed by atoms with Crippen LogP contribution in [0, 0.1) is 5.92 Å². The molecule has 3 rings (SSSR count). The Kier molecular flexibility index (Phi) is 6.68. The number of nitrogens with zero attached hydrogens (tertiary/aromatic N) is 3. The molecule has 7 nitrogen and oxygen atoms in total. The van der Waals surface area contributed by atoms with Crippen molar-refractivity contribution in [2.75, 3.05) is 6.54 Å². The summed E-state index contributed by atoms with van der Waals surface area (Å²) in [6.07, 6.45) is -4.92. The minimum absolute atomic E-state index is 0.0660. The number of rotatable bonds is 5. The third-order valence-electron chi connectivity index (χ3n) is 5.45. The average molecular weight is 457 g/mol. The Morgan fingerprint density at radius 2 is 1.90 bits per heavy atom. The van der Waals surface area contributed by atoms with E-state index in [9.17, 15) is 27.9 Å². The highest BCUT2D eigenvalue weighted by Gasteiger charge is 2.62. The molecule has 2 unspecified atom stereocenters. The van der Waals surface area contributed by atoms with Gasteiger partial charge in [0.05, 0.1) is 18.2 Å². The van der Waals surface area contributed by atoms with Crippen LogP contribution in [0.1, 0.15) is 24.1 Å². The summed E-state index contributed by atoms with van der Waals surface area (Å²) in [6, 6.07) is 7.92. The van der Waals surface area contributed by atoms with Crippen molar-refractivity contribution in [3.8, 4) is 0 Å². The van der Waals surface area contributed by atoms with Crippen molar-refractivity contribution in [3.05, 3.63) is 59.1 Å². The molecule has 1 aromatic heterocycles. The van der Waals surface area contributed by atoms with Crippen LogP contribution in [0.2, 0.25) is 5.15 Å². The molecule has 1 saturated heterocycles. The van der Waals surface area contributed by atoms with Crippen molar-refractivity contribution in [2.45, 2.75) is 37.5 Å². The second-order valence-electron chi connectivity index (χ2n) is 7.33. The van der Waals surface area contributed by atoms with Crippen LogP contribution in [-0.2, 0) is 17.8 Å². The molecular formula is C20H20ClF3N4O3. The lowest BCUT2D eigenvalue weighted by atomic mass is 9.77. The molecule has 0 radical (unpaired) electrons. The van der Waals surface area contributed by atoms with E-state index in [2.05, 4.69) is 15.3 Å². The molecule has 1 aliphatic rings. The van der Waals surface area contributed by atoms with Crippen molar-refractivity contribution in [2.24, 2.45) is 5.92 Å². The van der Waals surface area contributed by atoms with Crippen LogP contribution in [0.5, 0.6) is 0 Å². The van der Waals surface area contributed by atoms with Gasteiger partial charge in [0.25, 0.3) is 0 Å². The first-order valence-electron chi connectivity index (χ1n) is 9.48. The molecule has 0 bridgehead atoms. The fourth-order valence-electron chi connectivity index (χ4n) is 3.81. The lowest BCUT2D eigenvalue weighted by molar-refractivity contribution is -0.237. The van der Waals surface area contributed by atoms with Gasteiger partial charge in [-0.1, -0.05) is 41.9 Å². The predicted octanol–water partition coefficient (Wildman–Crippen LogP) is 3.68. The van der Waals surface area contributed by atoms with E-state index < -0.39 is 49.0 Å². The first-order chi connectivity index (χ1) is 14.6. The second kappa shape index (κ2) is 9.09. The Morgan fingerprint density at radius 3 is 2.52 bits per heavy atom. The first-order valence-corrected chi connectivity index (χ1v) is 9.86. The van der Waals surface area contributed by atoms with Gasteiger partial charge >= 0.3 is 12.3 Å². The molecule has 1 fully saturated rings. The SMILES string of the molecule is O=C(NCc1nccnc1Cl)C1CCC(Cc2ccccc2)(C(F)(F)F)N(C(=O)O)C1. The van der Waals surface area contributed by atoms with Crippen LogP contribution in [-0.4, -0.2) is 50.2 Å². The second-order valence-corrected chi connectivity index (χ2v) is 7.69. The van der Waals surface area contributed by atoms with E-state index in [4.69, 9.17) is 11.6 Å². The summed E-state index contributed by atoms with van der Waals surface area (Å²) in [5.74, 6) is -1.50. The number of likely N-dealkylation sites (tertiary alicyclic amines) is 1. The molecule has 2 heterocycles. The lowest BCUT2D eigenvalue weighted by Crippen LogP contribution is -2.66. The normalized spacial score (nSPS) is 21.5. The smallest absolute Gasteiger partial charge is 0.412 e. The number of halogens is 4. The Balaban J connectivity index is 1.79. The van der Waals surface area contributed by atoms with Crippen molar-refractivity contribution in [1.82, 2.24) is 20.2 Å². The van der Waals surface area contributed by atoms with Gasteiger partial charge in [-0.2, -0.15) is 13.2 Å². The molecule has 0 saturated carbocycles. The number of benzene rings is 1. The first kappa shape index (κ1) is 22.8. The fourth-order valence-corrected chi connectivity index (χ4v) is 3.98. The minimum atomic E-state index is -4.81. The number of carbonyl (C=O) groups excluding carboxylic acids is 1. The summed E-state index contributed by atoms with van der Waals surface area (Å²) >= 11 is 5.89. The number of carbonyl (C=O) groups is 2. The van der Waals surface area contributed by atoms with Crippen molar-refractivity contribution in [1.29, 1.82) is 0 Å². The number of hydrogen-bond donors (Lipinski definition) is 2. The number of piperidine rings is 1. The Bertz CT molecular complexity index is 945. The summed E-state index contributed by atoms with van der Waals surface area (Å²) < 4.78 is 42.6. The molecule has 2 N–H and O–H groups in total. The van der Waals surface area contributed by atoms with Gasteiger partial charge in [0, 0.05) is 25.4 Å². The highest BCUT2D eigenvalue weighted by molar-refractivity contribution is 6.29. The third kappa shape index (κ3) is 4.90. The van der Waals surface area contributed by atoms with E-state index in [1.807, 2.05) is 0 Å².